The fraction of sp³-hybridized carbons (Fsp3) is 0.267. The van der Waals surface area contributed by atoms with Crippen LogP contribution in [0.5, 0.6) is 5.75 Å². The van der Waals surface area contributed by atoms with Crippen LogP contribution in [0.25, 0.3) is 0 Å². The minimum absolute atomic E-state index is 0.0930. The molecule has 8 heteroatoms. The number of nitrogens with two attached hydrogens (primary N) is 1. The van der Waals surface area contributed by atoms with Crippen molar-refractivity contribution in [2.45, 2.75) is 18.2 Å². The van der Waals surface area contributed by atoms with Gasteiger partial charge in [0.25, 0.3) is 0 Å². The highest BCUT2D eigenvalue weighted by Gasteiger charge is 2.11. The minimum Gasteiger partial charge on any atom is -0.497 e. The largest absolute Gasteiger partial charge is 0.497 e. The van der Waals surface area contributed by atoms with Crippen molar-refractivity contribution in [2.75, 3.05) is 18.6 Å². The summed E-state index contributed by atoms with van der Waals surface area (Å²) in [7, 11) is 1.61. The summed E-state index contributed by atoms with van der Waals surface area (Å²) in [5.74, 6) is 1.21. The van der Waals surface area contributed by atoms with Crippen LogP contribution in [0.4, 0.5) is 5.95 Å². The first-order chi connectivity index (χ1) is 11.1. The van der Waals surface area contributed by atoms with E-state index < -0.39 is 0 Å². The molecule has 0 aliphatic carbocycles. The number of carbonyl (C=O) groups excluding carboxylic acids is 1. The van der Waals surface area contributed by atoms with E-state index >= 15 is 0 Å². The molecule has 0 unspecified atom stereocenters. The number of thioether (sulfide) groups is 1. The number of rotatable bonds is 8. The Balaban J connectivity index is 1.84. The molecule has 0 saturated carbocycles. The molecule has 0 aliphatic heterocycles. The van der Waals surface area contributed by atoms with E-state index in [9.17, 15) is 4.79 Å². The normalized spacial score (nSPS) is 10.3. The SMILES string of the molecule is C=CCn1c(N)nnc1SCC(=O)NCc1cccc(OC)c1. The fourth-order valence-corrected chi connectivity index (χ4v) is 2.66. The summed E-state index contributed by atoms with van der Waals surface area (Å²) in [4.78, 5) is 11.9. The average Bonchev–Trinajstić information content (AvgIpc) is 2.92. The molecule has 3 N–H and O–H groups in total. The molecule has 1 heterocycles. The molecule has 23 heavy (non-hydrogen) atoms. The number of methoxy groups -OCH3 is 1. The van der Waals surface area contributed by atoms with E-state index in [-0.39, 0.29) is 11.7 Å². The first-order valence-electron chi connectivity index (χ1n) is 6.96. The smallest absolute Gasteiger partial charge is 0.230 e. The van der Waals surface area contributed by atoms with Gasteiger partial charge in [0.1, 0.15) is 5.75 Å². The predicted octanol–water partition coefficient (Wildman–Crippen LogP) is 1.46. The maximum absolute atomic E-state index is 11.9. The van der Waals surface area contributed by atoms with E-state index in [4.69, 9.17) is 10.5 Å². The van der Waals surface area contributed by atoms with E-state index in [1.807, 2.05) is 24.3 Å². The molecule has 0 atom stereocenters. The number of nitrogens with one attached hydrogen (secondary N) is 1. The third kappa shape index (κ3) is 4.75. The molecule has 0 saturated heterocycles. The van der Waals surface area contributed by atoms with Crippen molar-refractivity contribution in [1.82, 2.24) is 20.1 Å². The van der Waals surface area contributed by atoms with Crippen LogP contribution in [-0.4, -0.2) is 33.5 Å². The second kappa shape index (κ2) is 8.23. The highest BCUT2D eigenvalue weighted by Crippen LogP contribution is 2.18. The molecule has 2 aromatic rings. The molecular weight excluding hydrogens is 314 g/mol. The molecule has 1 aromatic heterocycles. The number of nitrogen functional groups attached to an aromatic ring is 1. The van der Waals surface area contributed by atoms with Gasteiger partial charge in [0.15, 0.2) is 5.16 Å². The van der Waals surface area contributed by atoms with Crippen molar-refractivity contribution >= 4 is 23.6 Å². The maximum atomic E-state index is 11.9. The van der Waals surface area contributed by atoms with Crippen molar-refractivity contribution < 1.29 is 9.53 Å². The number of ether oxygens (including phenoxy) is 1. The van der Waals surface area contributed by atoms with Gasteiger partial charge in [0, 0.05) is 13.1 Å². The number of allylic oxidation sites excluding steroid dienone is 1. The van der Waals surface area contributed by atoms with Gasteiger partial charge in [0.2, 0.25) is 11.9 Å². The topological polar surface area (TPSA) is 95.1 Å². The average molecular weight is 333 g/mol. The second-order valence-electron chi connectivity index (χ2n) is 4.66. The maximum Gasteiger partial charge on any atom is 0.230 e. The van der Waals surface area contributed by atoms with Gasteiger partial charge in [-0.1, -0.05) is 30.0 Å². The lowest BCUT2D eigenvalue weighted by atomic mass is 10.2. The van der Waals surface area contributed by atoms with Crippen LogP contribution in [-0.2, 0) is 17.9 Å². The van der Waals surface area contributed by atoms with E-state index in [2.05, 4.69) is 22.1 Å². The van der Waals surface area contributed by atoms with E-state index in [1.54, 1.807) is 17.8 Å². The van der Waals surface area contributed by atoms with Gasteiger partial charge in [-0.2, -0.15) is 0 Å². The van der Waals surface area contributed by atoms with Crippen LogP contribution >= 0.6 is 11.8 Å². The van der Waals surface area contributed by atoms with E-state index in [0.29, 0.717) is 24.2 Å². The molecular formula is C15H19N5O2S. The van der Waals surface area contributed by atoms with E-state index in [0.717, 1.165) is 11.3 Å². The molecule has 1 aromatic carbocycles. The van der Waals surface area contributed by atoms with Gasteiger partial charge in [-0.15, -0.1) is 16.8 Å². The number of nitrogens with zero attached hydrogens (tertiary/aromatic N) is 3. The highest BCUT2D eigenvalue weighted by molar-refractivity contribution is 7.99. The van der Waals surface area contributed by atoms with Gasteiger partial charge in [-0.05, 0) is 17.7 Å². The quantitative estimate of drug-likeness (QED) is 0.561. The van der Waals surface area contributed by atoms with Crippen LogP contribution in [0.1, 0.15) is 5.56 Å². The van der Waals surface area contributed by atoms with Crippen molar-refractivity contribution in [3.8, 4) is 5.75 Å². The summed E-state index contributed by atoms with van der Waals surface area (Å²) < 4.78 is 6.85. The van der Waals surface area contributed by atoms with Crippen molar-refractivity contribution in [3.63, 3.8) is 0 Å². The number of benzene rings is 1. The molecule has 1 amide bonds. The Hall–Kier alpha value is -2.48. The van der Waals surface area contributed by atoms with Crippen molar-refractivity contribution in [1.29, 1.82) is 0 Å². The lowest BCUT2D eigenvalue weighted by Gasteiger charge is -2.07. The molecule has 2 rings (SSSR count). The van der Waals surface area contributed by atoms with Gasteiger partial charge < -0.3 is 15.8 Å². The summed E-state index contributed by atoms with van der Waals surface area (Å²) in [5, 5.41) is 11.2. The lowest BCUT2D eigenvalue weighted by molar-refractivity contribution is -0.118. The zero-order valence-corrected chi connectivity index (χ0v) is 13.7. The highest BCUT2D eigenvalue weighted by atomic mass is 32.2. The number of anilines is 1. The Morgan fingerprint density at radius 1 is 1.52 bits per heavy atom. The third-order valence-electron chi connectivity index (χ3n) is 3.01. The summed E-state index contributed by atoms with van der Waals surface area (Å²) in [6.07, 6.45) is 1.70. The lowest BCUT2D eigenvalue weighted by Crippen LogP contribution is -2.24. The zero-order valence-electron chi connectivity index (χ0n) is 12.9. The van der Waals surface area contributed by atoms with Gasteiger partial charge in [-0.25, -0.2) is 0 Å². The molecule has 122 valence electrons. The number of amides is 1. The molecule has 0 aliphatic rings. The molecule has 7 nitrogen and oxygen atoms in total. The Kier molecular flexibility index (Phi) is 6.04. The van der Waals surface area contributed by atoms with Gasteiger partial charge >= 0.3 is 0 Å². The van der Waals surface area contributed by atoms with Crippen molar-refractivity contribution in [2.24, 2.45) is 0 Å². The Bertz CT molecular complexity index is 686. The molecule has 0 radical (unpaired) electrons. The first-order valence-corrected chi connectivity index (χ1v) is 7.94. The summed E-state index contributed by atoms with van der Waals surface area (Å²) in [6, 6.07) is 7.56. The third-order valence-corrected chi connectivity index (χ3v) is 3.98. The fourth-order valence-electron chi connectivity index (χ4n) is 1.87. The zero-order chi connectivity index (χ0) is 16.7. The number of aromatic nitrogens is 3. The minimum atomic E-state index is -0.0930. The van der Waals surface area contributed by atoms with Gasteiger partial charge in [0.05, 0.1) is 12.9 Å². The van der Waals surface area contributed by atoms with Crippen LogP contribution in [0, 0.1) is 0 Å². The van der Waals surface area contributed by atoms with Crippen LogP contribution in [0.2, 0.25) is 0 Å². The standard InChI is InChI=1S/C15H19N5O2S/c1-3-7-20-14(16)18-19-15(20)23-10-13(21)17-9-11-5-4-6-12(8-11)22-2/h3-6,8H,1,7,9-10H2,2H3,(H2,16,18)(H,17,21). The Labute approximate surface area is 138 Å². The second-order valence-corrected chi connectivity index (χ2v) is 5.60. The predicted molar refractivity (Wildman–Crippen MR) is 90.2 cm³/mol. The van der Waals surface area contributed by atoms with Crippen LogP contribution in [0.3, 0.4) is 0 Å². The van der Waals surface area contributed by atoms with Gasteiger partial charge in [-0.3, -0.25) is 9.36 Å². The number of hydrogen-bond acceptors (Lipinski definition) is 6. The Morgan fingerprint density at radius 3 is 3.09 bits per heavy atom. The molecule has 0 bridgehead atoms. The van der Waals surface area contributed by atoms with Crippen molar-refractivity contribution in [3.05, 3.63) is 42.5 Å². The molecule has 0 spiro atoms. The summed E-state index contributed by atoms with van der Waals surface area (Å²) in [6.45, 7) is 4.61. The first kappa shape index (κ1) is 16.9. The molecule has 0 fully saturated rings. The summed E-state index contributed by atoms with van der Waals surface area (Å²) >= 11 is 1.28. The number of hydrogen-bond donors (Lipinski definition) is 2. The monoisotopic (exact) mass is 333 g/mol. The van der Waals surface area contributed by atoms with E-state index in [1.165, 1.54) is 11.8 Å². The van der Waals surface area contributed by atoms with Crippen LogP contribution < -0.4 is 15.8 Å². The number of carbonyl (C=O) groups is 1. The van der Waals surface area contributed by atoms with Crippen LogP contribution in [0.15, 0.2) is 42.1 Å². The summed E-state index contributed by atoms with van der Waals surface area (Å²) in [5.41, 5.74) is 6.69. The Morgan fingerprint density at radius 2 is 2.35 bits per heavy atom.